The number of nitrogens with zero attached hydrogens (tertiary/aromatic N) is 5. The van der Waals surface area contributed by atoms with Crippen LogP contribution in [0, 0.1) is 20.8 Å². The summed E-state index contributed by atoms with van der Waals surface area (Å²) in [5.41, 5.74) is 3.34. The van der Waals surface area contributed by atoms with Gasteiger partial charge in [-0.05, 0) is 20.8 Å². The molecular formula is C13H14N8O. The molecule has 9 nitrogen and oxygen atoms in total. The number of aryl methyl sites for hydroxylation is 3. The third-order valence-electron chi connectivity index (χ3n) is 2.99. The van der Waals surface area contributed by atoms with Gasteiger partial charge in [-0.25, -0.2) is 24.9 Å². The van der Waals surface area contributed by atoms with Gasteiger partial charge >= 0.3 is 0 Å². The lowest BCUT2D eigenvalue weighted by Gasteiger charge is -1.94. The lowest BCUT2D eigenvalue weighted by molar-refractivity contribution is 1.04. The van der Waals surface area contributed by atoms with Crippen molar-refractivity contribution in [3.63, 3.8) is 0 Å². The maximum absolute atomic E-state index is 11.1. The number of hydrogen-bond donors (Lipinski definition) is 3. The topological polar surface area (TPSA) is 129 Å². The van der Waals surface area contributed by atoms with E-state index in [9.17, 15) is 4.79 Å². The Balaban J connectivity index is 0.000000131. The third kappa shape index (κ3) is 2.55. The van der Waals surface area contributed by atoms with Crippen molar-refractivity contribution in [1.29, 1.82) is 0 Å². The van der Waals surface area contributed by atoms with E-state index in [0.29, 0.717) is 17.0 Å². The number of aromatic amines is 3. The predicted octanol–water partition coefficient (Wildman–Crippen LogP) is 0.924. The Morgan fingerprint density at radius 1 is 0.864 bits per heavy atom. The zero-order valence-electron chi connectivity index (χ0n) is 12.3. The van der Waals surface area contributed by atoms with Crippen molar-refractivity contribution in [2.45, 2.75) is 20.8 Å². The molecule has 22 heavy (non-hydrogen) atoms. The van der Waals surface area contributed by atoms with Crippen molar-refractivity contribution >= 4 is 22.3 Å². The van der Waals surface area contributed by atoms with Crippen molar-refractivity contribution in [2.75, 3.05) is 0 Å². The van der Waals surface area contributed by atoms with Crippen molar-refractivity contribution < 1.29 is 0 Å². The highest BCUT2D eigenvalue weighted by Gasteiger charge is 2.02. The molecule has 112 valence electrons. The Hall–Kier alpha value is -3.10. The van der Waals surface area contributed by atoms with Crippen LogP contribution < -0.4 is 5.56 Å². The second-order valence-corrected chi connectivity index (χ2v) is 4.71. The van der Waals surface area contributed by atoms with E-state index in [1.54, 1.807) is 13.3 Å². The molecule has 4 heterocycles. The van der Waals surface area contributed by atoms with Gasteiger partial charge in [0.15, 0.2) is 16.8 Å². The van der Waals surface area contributed by atoms with Crippen molar-refractivity contribution in [2.24, 2.45) is 0 Å². The fraction of sp³-hybridized carbons (Fsp3) is 0.231. The van der Waals surface area contributed by atoms with Gasteiger partial charge in [0.25, 0.3) is 5.56 Å². The number of fused-ring (bicyclic) bond motifs is 2. The normalized spacial score (nSPS) is 10.7. The van der Waals surface area contributed by atoms with E-state index < -0.39 is 0 Å². The summed E-state index contributed by atoms with van der Waals surface area (Å²) in [6, 6.07) is 0. The molecule has 0 saturated heterocycles. The Morgan fingerprint density at radius 3 is 2.23 bits per heavy atom. The smallest absolute Gasteiger partial charge is 0.276 e. The summed E-state index contributed by atoms with van der Waals surface area (Å²) in [6.07, 6.45) is 3.08. The fourth-order valence-corrected chi connectivity index (χ4v) is 2.07. The number of H-pyrrole nitrogens is 3. The van der Waals surface area contributed by atoms with Crippen LogP contribution in [0.15, 0.2) is 17.4 Å². The minimum absolute atomic E-state index is 0.176. The number of nitrogens with one attached hydrogen (secondary N) is 3. The van der Waals surface area contributed by atoms with Gasteiger partial charge in [-0.15, -0.1) is 0 Å². The van der Waals surface area contributed by atoms with Crippen LogP contribution >= 0.6 is 0 Å². The standard InChI is InChI=1S/C7H8N4.C6H6N4O/c1-4-6-7(9-3-8-6)11-5(2)10-4;1-3-9-5-4(6(11)10-3)7-2-8-5/h3H,1-2H3,(H,8,9,10,11);2H,1H3,(H2,7,8,9,10,11). The van der Waals surface area contributed by atoms with Crippen LogP contribution in [0.3, 0.4) is 0 Å². The minimum atomic E-state index is -0.176. The van der Waals surface area contributed by atoms with E-state index in [1.807, 2.05) is 13.8 Å². The Kier molecular flexibility index (Phi) is 3.37. The summed E-state index contributed by atoms with van der Waals surface area (Å²) >= 11 is 0. The molecule has 4 aromatic heterocycles. The van der Waals surface area contributed by atoms with Gasteiger partial charge in [0, 0.05) is 0 Å². The van der Waals surface area contributed by atoms with Crippen molar-refractivity contribution in [3.8, 4) is 0 Å². The van der Waals surface area contributed by atoms with E-state index in [0.717, 1.165) is 22.7 Å². The van der Waals surface area contributed by atoms with Gasteiger partial charge in [0.2, 0.25) is 0 Å². The van der Waals surface area contributed by atoms with Crippen LogP contribution in [0.2, 0.25) is 0 Å². The minimum Gasteiger partial charge on any atom is -0.342 e. The molecule has 0 aromatic carbocycles. The van der Waals surface area contributed by atoms with Gasteiger partial charge in [-0.1, -0.05) is 0 Å². The molecular weight excluding hydrogens is 284 g/mol. The third-order valence-corrected chi connectivity index (χ3v) is 2.99. The molecule has 0 spiro atoms. The predicted molar refractivity (Wildman–Crippen MR) is 80.4 cm³/mol. The highest BCUT2D eigenvalue weighted by Crippen LogP contribution is 2.08. The molecule has 0 aliphatic heterocycles. The first-order valence-corrected chi connectivity index (χ1v) is 6.59. The van der Waals surface area contributed by atoms with E-state index >= 15 is 0 Å². The molecule has 0 fully saturated rings. The second-order valence-electron chi connectivity index (χ2n) is 4.71. The van der Waals surface area contributed by atoms with Gasteiger partial charge in [0.05, 0.1) is 18.3 Å². The second kappa shape index (κ2) is 5.35. The molecule has 3 N–H and O–H groups in total. The molecule has 0 aliphatic carbocycles. The molecule has 4 aromatic rings. The summed E-state index contributed by atoms with van der Waals surface area (Å²) in [5.74, 6) is 1.34. The average Bonchev–Trinajstić information content (AvgIpc) is 3.07. The van der Waals surface area contributed by atoms with E-state index in [1.165, 1.54) is 6.33 Å². The molecule has 4 rings (SSSR count). The maximum Gasteiger partial charge on any atom is 0.276 e. The molecule has 0 atom stereocenters. The average molecular weight is 298 g/mol. The van der Waals surface area contributed by atoms with Crippen LogP contribution in [0.4, 0.5) is 0 Å². The summed E-state index contributed by atoms with van der Waals surface area (Å²) in [4.78, 5) is 39.6. The van der Waals surface area contributed by atoms with E-state index in [4.69, 9.17) is 0 Å². The molecule has 0 amide bonds. The number of hydrogen-bond acceptors (Lipinski definition) is 6. The summed E-state index contributed by atoms with van der Waals surface area (Å²) < 4.78 is 0. The van der Waals surface area contributed by atoms with Crippen LogP contribution in [0.5, 0.6) is 0 Å². The van der Waals surface area contributed by atoms with Gasteiger partial charge in [0.1, 0.15) is 17.2 Å². The van der Waals surface area contributed by atoms with Gasteiger partial charge in [-0.2, -0.15) is 0 Å². The number of rotatable bonds is 0. The van der Waals surface area contributed by atoms with Crippen LogP contribution in [-0.2, 0) is 0 Å². The Labute approximate surface area is 124 Å². The molecule has 0 saturated carbocycles. The van der Waals surface area contributed by atoms with Crippen LogP contribution in [0.1, 0.15) is 17.3 Å². The monoisotopic (exact) mass is 298 g/mol. The first-order valence-electron chi connectivity index (χ1n) is 6.59. The largest absolute Gasteiger partial charge is 0.342 e. The molecule has 0 unspecified atom stereocenters. The molecule has 0 radical (unpaired) electrons. The first kappa shape index (κ1) is 13.9. The first-order chi connectivity index (χ1) is 10.5. The Morgan fingerprint density at radius 2 is 1.50 bits per heavy atom. The Bertz CT molecular complexity index is 996. The number of imidazole rings is 2. The zero-order valence-corrected chi connectivity index (χ0v) is 12.3. The van der Waals surface area contributed by atoms with Gasteiger partial charge in [-0.3, -0.25) is 4.79 Å². The van der Waals surface area contributed by atoms with Crippen molar-refractivity contribution in [1.82, 2.24) is 39.9 Å². The maximum atomic E-state index is 11.1. The zero-order chi connectivity index (χ0) is 15.7. The lowest BCUT2D eigenvalue weighted by Crippen LogP contribution is -2.09. The summed E-state index contributed by atoms with van der Waals surface area (Å²) in [5, 5.41) is 0. The SMILES string of the molecule is Cc1nc(C)c2[nH]cnc2n1.Cc1nc2nc[nH]c2c(=O)[nH]1. The molecule has 0 aliphatic rings. The highest BCUT2D eigenvalue weighted by atomic mass is 16.1. The quantitative estimate of drug-likeness (QED) is 0.443. The van der Waals surface area contributed by atoms with Crippen LogP contribution in [-0.4, -0.2) is 39.9 Å². The highest BCUT2D eigenvalue weighted by molar-refractivity contribution is 5.72. The fourth-order valence-electron chi connectivity index (χ4n) is 2.07. The van der Waals surface area contributed by atoms with Crippen molar-refractivity contribution in [3.05, 3.63) is 40.4 Å². The van der Waals surface area contributed by atoms with E-state index in [-0.39, 0.29) is 5.56 Å². The lowest BCUT2D eigenvalue weighted by atomic mass is 10.4. The number of aromatic nitrogens is 8. The summed E-state index contributed by atoms with van der Waals surface area (Å²) in [6.45, 7) is 5.52. The van der Waals surface area contributed by atoms with Gasteiger partial charge < -0.3 is 15.0 Å². The summed E-state index contributed by atoms with van der Waals surface area (Å²) in [7, 11) is 0. The molecule has 9 heteroatoms. The van der Waals surface area contributed by atoms with E-state index in [2.05, 4.69) is 39.9 Å². The molecule has 0 bridgehead atoms. The van der Waals surface area contributed by atoms with Crippen LogP contribution in [0.25, 0.3) is 22.3 Å².